The van der Waals surface area contributed by atoms with Crippen molar-refractivity contribution in [2.24, 2.45) is 16.4 Å². The van der Waals surface area contributed by atoms with Crippen molar-refractivity contribution in [1.29, 1.82) is 0 Å². The summed E-state index contributed by atoms with van der Waals surface area (Å²) < 4.78 is 32.9. The monoisotopic (exact) mass is 401 g/mol. The molecule has 2 atom stereocenters. The molecule has 5 rings (SSSR count). The maximum Gasteiger partial charge on any atom is 0.318 e. The molecule has 3 aliphatic rings. The van der Waals surface area contributed by atoms with Crippen LogP contribution in [-0.4, -0.2) is 40.4 Å². The smallest absolute Gasteiger partial charge is 0.318 e. The molecule has 1 spiro atoms. The van der Waals surface area contributed by atoms with Crippen molar-refractivity contribution in [3.05, 3.63) is 41.3 Å². The first-order valence-corrected chi connectivity index (χ1v) is 9.82. The van der Waals surface area contributed by atoms with Gasteiger partial charge in [0, 0.05) is 44.6 Å². The third kappa shape index (κ3) is 3.18. The standard InChI is InChI=1S/C20H21F2N5O2/c1-12-24-25-19(29-12)26-7-3-16(20(11-26)4-5-20)18(28)27-17(2-6-23-27)13-8-14(21)10-15(22)9-13/h6,8-10,16-17H,2-5,7,11H2,1H3. The number of amides is 1. The van der Waals surface area contributed by atoms with E-state index in [0.29, 0.717) is 43.4 Å². The second-order valence-electron chi connectivity index (χ2n) is 8.16. The number of piperidine rings is 1. The number of hydrogen-bond donors (Lipinski definition) is 0. The van der Waals surface area contributed by atoms with Crippen LogP contribution in [0.4, 0.5) is 14.8 Å². The van der Waals surface area contributed by atoms with E-state index in [1.807, 2.05) is 4.90 Å². The van der Waals surface area contributed by atoms with Crippen molar-refractivity contribution in [2.45, 2.75) is 38.6 Å². The van der Waals surface area contributed by atoms with Crippen LogP contribution in [0.3, 0.4) is 0 Å². The number of rotatable bonds is 3. The largest absolute Gasteiger partial charge is 0.408 e. The molecule has 9 heteroatoms. The van der Waals surface area contributed by atoms with Crippen LogP contribution in [0.1, 0.15) is 43.2 Å². The number of hydrazone groups is 1. The van der Waals surface area contributed by atoms with Gasteiger partial charge in [-0.15, -0.1) is 5.10 Å². The number of aromatic nitrogens is 2. The molecule has 2 fully saturated rings. The number of hydrogen-bond acceptors (Lipinski definition) is 6. The highest BCUT2D eigenvalue weighted by atomic mass is 19.1. The minimum atomic E-state index is -0.652. The van der Waals surface area contributed by atoms with Crippen LogP contribution in [0.25, 0.3) is 0 Å². The summed E-state index contributed by atoms with van der Waals surface area (Å²) in [6.45, 7) is 3.07. The van der Waals surface area contributed by atoms with Gasteiger partial charge in [-0.1, -0.05) is 5.10 Å². The maximum absolute atomic E-state index is 13.7. The highest BCUT2D eigenvalue weighted by Gasteiger charge is 2.57. The van der Waals surface area contributed by atoms with E-state index in [4.69, 9.17) is 4.42 Å². The average molecular weight is 401 g/mol. The fourth-order valence-corrected chi connectivity index (χ4v) is 4.62. The SMILES string of the molecule is Cc1nnc(N2CCC(C(=O)N3N=CCC3c3cc(F)cc(F)c3)C3(CC3)C2)o1. The molecular formula is C20H21F2N5O2. The molecule has 0 bridgehead atoms. The number of anilines is 1. The Kier molecular flexibility index (Phi) is 4.15. The second kappa shape index (κ2) is 6.60. The molecule has 1 saturated carbocycles. The molecule has 0 N–H and O–H groups in total. The van der Waals surface area contributed by atoms with Gasteiger partial charge in [-0.3, -0.25) is 4.79 Å². The highest BCUT2D eigenvalue weighted by Crippen LogP contribution is 2.57. The molecule has 3 heterocycles. The van der Waals surface area contributed by atoms with E-state index in [0.717, 1.165) is 18.9 Å². The fourth-order valence-electron chi connectivity index (χ4n) is 4.62. The van der Waals surface area contributed by atoms with Crippen LogP contribution >= 0.6 is 0 Å². The highest BCUT2D eigenvalue weighted by molar-refractivity contribution is 5.83. The van der Waals surface area contributed by atoms with Crippen molar-refractivity contribution in [3.8, 4) is 0 Å². The summed E-state index contributed by atoms with van der Waals surface area (Å²) >= 11 is 0. The van der Waals surface area contributed by atoms with Crippen LogP contribution in [0.5, 0.6) is 0 Å². The van der Waals surface area contributed by atoms with Gasteiger partial charge in [-0.2, -0.15) is 5.10 Å². The van der Waals surface area contributed by atoms with Crippen LogP contribution in [0.2, 0.25) is 0 Å². The minimum Gasteiger partial charge on any atom is -0.408 e. The van der Waals surface area contributed by atoms with E-state index in [9.17, 15) is 13.6 Å². The van der Waals surface area contributed by atoms with Gasteiger partial charge in [-0.25, -0.2) is 13.8 Å². The molecule has 2 aliphatic heterocycles. The van der Waals surface area contributed by atoms with Gasteiger partial charge >= 0.3 is 6.01 Å². The van der Waals surface area contributed by atoms with Gasteiger partial charge < -0.3 is 9.32 Å². The van der Waals surface area contributed by atoms with E-state index < -0.39 is 17.7 Å². The lowest BCUT2D eigenvalue weighted by Gasteiger charge is -2.39. The van der Waals surface area contributed by atoms with Crippen molar-refractivity contribution >= 4 is 18.1 Å². The summed E-state index contributed by atoms with van der Waals surface area (Å²) in [5.41, 5.74) is 0.296. The summed E-state index contributed by atoms with van der Waals surface area (Å²) in [5, 5.41) is 13.7. The van der Waals surface area contributed by atoms with Crippen molar-refractivity contribution < 1.29 is 18.0 Å². The summed E-state index contributed by atoms with van der Waals surface area (Å²) in [6.07, 6.45) is 4.63. The molecule has 1 saturated heterocycles. The molecule has 2 aromatic rings. The molecule has 7 nitrogen and oxygen atoms in total. The minimum absolute atomic E-state index is 0.0766. The first-order chi connectivity index (χ1) is 13.9. The van der Waals surface area contributed by atoms with Crippen molar-refractivity contribution in [2.75, 3.05) is 18.0 Å². The third-order valence-electron chi connectivity index (χ3n) is 6.23. The molecule has 152 valence electrons. The summed E-state index contributed by atoms with van der Waals surface area (Å²) in [6, 6.07) is 3.40. The first-order valence-electron chi connectivity index (χ1n) is 9.82. The van der Waals surface area contributed by atoms with Gasteiger partial charge in [0.1, 0.15) is 11.6 Å². The van der Waals surface area contributed by atoms with Crippen molar-refractivity contribution in [3.63, 3.8) is 0 Å². The third-order valence-corrected chi connectivity index (χ3v) is 6.23. The Morgan fingerprint density at radius 3 is 2.62 bits per heavy atom. The normalized spacial score (nSPS) is 25.1. The Bertz CT molecular complexity index is 967. The summed E-state index contributed by atoms with van der Waals surface area (Å²) in [7, 11) is 0. The van der Waals surface area contributed by atoms with Gasteiger partial charge in [0.25, 0.3) is 0 Å². The lowest BCUT2D eigenvalue weighted by molar-refractivity contribution is -0.140. The number of carbonyl (C=O) groups is 1. The molecular weight excluding hydrogens is 380 g/mol. The summed E-state index contributed by atoms with van der Waals surface area (Å²) in [4.78, 5) is 15.5. The Hall–Kier alpha value is -2.84. The predicted octanol–water partition coefficient (Wildman–Crippen LogP) is 3.22. The van der Waals surface area contributed by atoms with Crippen LogP contribution in [0, 0.1) is 29.9 Å². The quantitative estimate of drug-likeness (QED) is 0.790. The van der Waals surface area contributed by atoms with Crippen LogP contribution < -0.4 is 4.90 Å². The van der Waals surface area contributed by atoms with Crippen molar-refractivity contribution in [1.82, 2.24) is 15.2 Å². The lowest BCUT2D eigenvalue weighted by atomic mass is 9.81. The fraction of sp³-hybridized carbons (Fsp3) is 0.500. The zero-order valence-corrected chi connectivity index (χ0v) is 16.0. The van der Waals surface area contributed by atoms with Gasteiger partial charge in [0.2, 0.25) is 11.8 Å². The van der Waals surface area contributed by atoms with Gasteiger partial charge in [-0.05, 0) is 42.4 Å². The van der Waals surface area contributed by atoms with Gasteiger partial charge in [0.05, 0.1) is 6.04 Å². The number of aryl methyl sites for hydroxylation is 1. The number of nitrogens with zero attached hydrogens (tertiary/aromatic N) is 5. The molecule has 1 amide bonds. The second-order valence-corrected chi connectivity index (χ2v) is 8.16. The molecule has 1 aliphatic carbocycles. The molecule has 29 heavy (non-hydrogen) atoms. The van der Waals surface area contributed by atoms with E-state index in [1.54, 1.807) is 13.1 Å². The van der Waals surface area contributed by atoms with E-state index in [1.165, 1.54) is 17.1 Å². The van der Waals surface area contributed by atoms with Crippen LogP contribution in [0.15, 0.2) is 27.7 Å². The van der Waals surface area contributed by atoms with Gasteiger partial charge in [0.15, 0.2) is 0 Å². The zero-order chi connectivity index (χ0) is 20.2. The topological polar surface area (TPSA) is 74.8 Å². The zero-order valence-electron chi connectivity index (χ0n) is 16.0. The first kappa shape index (κ1) is 18.2. The number of carbonyl (C=O) groups excluding carboxylic acids is 1. The van der Waals surface area contributed by atoms with Crippen LogP contribution in [-0.2, 0) is 4.79 Å². The summed E-state index contributed by atoms with van der Waals surface area (Å²) in [5.74, 6) is -1.05. The molecule has 2 unspecified atom stereocenters. The Morgan fingerprint density at radius 2 is 1.97 bits per heavy atom. The lowest BCUT2D eigenvalue weighted by Crippen LogP contribution is -2.48. The predicted molar refractivity (Wildman–Crippen MR) is 100 cm³/mol. The molecule has 1 aromatic heterocycles. The maximum atomic E-state index is 13.7. The van der Waals surface area contributed by atoms with E-state index in [-0.39, 0.29) is 17.2 Å². The molecule has 1 aromatic carbocycles. The number of benzene rings is 1. The van der Waals surface area contributed by atoms with E-state index >= 15 is 0 Å². The average Bonchev–Trinajstić information content (AvgIpc) is 3.08. The number of halogens is 2. The Balaban J connectivity index is 1.36. The van der Waals surface area contributed by atoms with E-state index in [2.05, 4.69) is 15.3 Å². The molecule has 0 radical (unpaired) electrons. The Morgan fingerprint density at radius 1 is 1.21 bits per heavy atom. The Labute approximate surface area is 166 Å².